The third-order valence-corrected chi connectivity index (χ3v) is 8.08. The van der Waals surface area contributed by atoms with Gasteiger partial charge in [0.05, 0.1) is 36.1 Å². The zero-order valence-electron chi connectivity index (χ0n) is 21.2. The van der Waals surface area contributed by atoms with Gasteiger partial charge < -0.3 is 29.2 Å². The third-order valence-electron chi connectivity index (χ3n) is 8.08. The number of aromatic nitrogens is 2. The summed E-state index contributed by atoms with van der Waals surface area (Å²) in [5.41, 5.74) is 2.17. The smallest absolute Gasteiger partial charge is 0.343 e. The molecule has 5 heterocycles. The summed E-state index contributed by atoms with van der Waals surface area (Å²) in [5.74, 6) is -0.398. The molecule has 2 N–H and O–H groups in total. The average Bonchev–Trinajstić information content (AvgIpc) is 3.26. The predicted molar refractivity (Wildman–Crippen MR) is 136 cm³/mol. The standard InChI is InChI=1S/C27H30N4O6/c1-4-27(35)19-10-21-24-17(13-31(21)25(33)18(19)14-37-26(27)34)16(12-30-7-5-29(2)6-8-30)15-9-22(32)23(36-3)11-20(15)28-24/h9-11,32,35H,4-8,12-14H2,1-3H3/t27-/m0/s1. The van der Waals surface area contributed by atoms with E-state index in [1.165, 1.54) is 7.11 Å². The van der Waals surface area contributed by atoms with Crippen LogP contribution in [-0.4, -0.2) is 75.9 Å². The largest absolute Gasteiger partial charge is 0.504 e. The van der Waals surface area contributed by atoms with Gasteiger partial charge in [-0.1, -0.05) is 6.92 Å². The third kappa shape index (κ3) is 3.54. The van der Waals surface area contributed by atoms with E-state index >= 15 is 0 Å². The first-order valence-corrected chi connectivity index (χ1v) is 12.6. The van der Waals surface area contributed by atoms with Crippen LogP contribution in [0.1, 0.15) is 35.6 Å². The number of phenolic OH excluding ortho intramolecular Hbond substituents is 1. The van der Waals surface area contributed by atoms with Gasteiger partial charge in [0, 0.05) is 55.3 Å². The number of piperazine rings is 1. The quantitative estimate of drug-likeness (QED) is 0.398. The normalized spacial score (nSPS) is 21.5. The van der Waals surface area contributed by atoms with Gasteiger partial charge in [-0.2, -0.15) is 0 Å². The van der Waals surface area contributed by atoms with Gasteiger partial charge in [0.1, 0.15) is 6.61 Å². The molecular weight excluding hydrogens is 476 g/mol. The van der Waals surface area contributed by atoms with E-state index in [-0.39, 0.29) is 24.3 Å². The highest BCUT2D eigenvalue weighted by Gasteiger charge is 2.45. The van der Waals surface area contributed by atoms with Crippen molar-refractivity contribution in [3.05, 3.63) is 50.8 Å². The summed E-state index contributed by atoms with van der Waals surface area (Å²) < 4.78 is 12.2. The summed E-state index contributed by atoms with van der Waals surface area (Å²) in [4.78, 5) is 35.7. The van der Waals surface area contributed by atoms with Gasteiger partial charge >= 0.3 is 5.97 Å². The maximum absolute atomic E-state index is 13.6. The molecule has 0 spiro atoms. The highest BCUT2D eigenvalue weighted by atomic mass is 16.6. The van der Waals surface area contributed by atoms with Crippen molar-refractivity contribution in [3.63, 3.8) is 0 Å². The number of carbonyl (C=O) groups excluding carboxylic acids is 1. The first-order chi connectivity index (χ1) is 17.7. The number of fused-ring (bicyclic) bond motifs is 5. The van der Waals surface area contributed by atoms with Crippen LogP contribution in [-0.2, 0) is 34.8 Å². The molecule has 0 amide bonds. The number of cyclic esters (lactones) is 1. The van der Waals surface area contributed by atoms with Crippen LogP contribution in [0, 0.1) is 0 Å². The van der Waals surface area contributed by atoms with E-state index in [2.05, 4.69) is 16.8 Å². The van der Waals surface area contributed by atoms with Gasteiger partial charge in [-0.05, 0) is 31.2 Å². The molecule has 0 saturated carbocycles. The molecule has 0 bridgehead atoms. The molecule has 0 aliphatic carbocycles. The minimum absolute atomic E-state index is 0.0307. The van der Waals surface area contributed by atoms with Gasteiger partial charge in [-0.15, -0.1) is 0 Å². The first-order valence-electron chi connectivity index (χ1n) is 12.6. The Labute approximate surface area is 213 Å². The van der Waals surface area contributed by atoms with Gasteiger partial charge in [0.15, 0.2) is 17.1 Å². The lowest BCUT2D eigenvalue weighted by Crippen LogP contribution is -2.44. The second-order valence-corrected chi connectivity index (χ2v) is 10.1. The van der Waals surface area contributed by atoms with Crippen LogP contribution in [0.25, 0.3) is 22.3 Å². The van der Waals surface area contributed by atoms with Crippen LogP contribution in [0.2, 0.25) is 0 Å². The average molecular weight is 507 g/mol. The Morgan fingerprint density at radius 3 is 2.59 bits per heavy atom. The lowest BCUT2D eigenvalue weighted by Gasteiger charge is -2.33. The van der Waals surface area contributed by atoms with Gasteiger partial charge in [-0.25, -0.2) is 9.78 Å². The van der Waals surface area contributed by atoms with Crippen LogP contribution in [0.4, 0.5) is 0 Å². The Hall–Kier alpha value is -3.47. The number of likely N-dealkylation sites (N-methyl/N-ethyl adjacent to an activating group) is 1. The summed E-state index contributed by atoms with van der Waals surface area (Å²) in [6.45, 7) is 6.20. The number of ether oxygens (including phenoxy) is 2. The first kappa shape index (κ1) is 23.9. The van der Waals surface area contributed by atoms with Crippen molar-refractivity contribution in [2.24, 2.45) is 0 Å². The van der Waals surface area contributed by atoms with E-state index in [0.29, 0.717) is 46.9 Å². The molecule has 3 aromatic rings. The summed E-state index contributed by atoms with van der Waals surface area (Å²) in [6.07, 6.45) is 0.0882. The fourth-order valence-electron chi connectivity index (χ4n) is 5.75. The fourth-order valence-corrected chi connectivity index (χ4v) is 5.75. The zero-order valence-corrected chi connectivity index (χ0v) is 21.2. The summed E-state index contributed by atoms with van der Waals surface area (Å²) in [7, 11) is 3.60. The van der Waals surface area contributed by atoms with Crippen LogP contribution in [0.3, 0.4) is 0 Å². The number of carbonyl (C=O) groups is 1. The molecule has 10 nitrogen and oxygen atoms in total. The lowest BCUT2D eigenvalue weighted by atomic mass is 9.86. The number of phenols is 1. The van der Waals surface area contributed by atoms with E-state index in [0.717, 1.165) is 42.7 Å². The Kier molecular flexibility index (Phi) is 5.52. The van der Waals surface area contributed by atoms with Crippen molar-refractivity contribution in [1.29, 1.82) is 0 Å². The van der Waals surface area contributed by atoms with Crippen LogP contribution < -0.4 is 10.3 Å². The molecule has 6 rings (SSSR count). The highest BCUT2D eigenvalue weighted by Crippen LogP contribution is 2.42. The lowest BCUT2D eigenvalue weighted by molar-refractivity contribution is -0.172. The number of nitrogens with zero attached hydrogens (tertiary/aromatic N) is 4. The molecule has 194 valence electrons. The SMILES string of the molecule is CC[C@@]1(O)C(=O)OCc2c1cc1n(c2=O)Cc2c-1nc1cc(OC)c(O)cc1c2CN1CCN(C)CC1. The maximum Gasteiger partial charge on any atom is 0.343 e. The van der Waals surface area contributed by atoms with E-state index in [1.807, 2.05) is 0 Å². The molecule has 3 aliphatic rings. The van der Waals surface area contributed by atoms with Crippen LogP contribution in [0.15, 0.2) is 23.0 Å². The van der Waals surface area contributed by atoms with Gasteiger partial charge in [0.25, 0.3) is 5.56 Å². The second-order valence-electron chi connectivity index (χ2n) is 10.1. The number of esters is 1. The number of methoxy groups -OCH3 is 1. The minimum atomic E-state index is -1.88. The van der Waals surface area contributed by atoms with E-state index in [9.17, 15) is 19.8 Å². The van der Waals surface area contributed by atoms with E-state index in [1.54, 1.807) is 29.7 Å². The number of hydrogen-bond acceptors (Lipinski definition) is 9. The molecule has 2 aromatic heterocycles. The number of aromatic hydroxyl groups is 1. The Bertz CT molecular complexity index is 1510. The number of aliphatic hydroxyl groups is 1. The number of benzene rings is 1. The number of pyridine rings is 2. The molecule has 1 fully saturated rings. The van der Waals surface area contributed by atoms with Crippen molar-refractivity contribution in [1.82, 2.24) is 19.4 Å². The topological polar surface area (TPSA) is 117 Å². The Morgan fingerprint density at radius 2 is 1.89 bits per heavy atom. The van der Waals surface area contributed by atoms with Crippen molar-refractivity contribution in [2.75, 3.05) is 40.3 Å². The van der Waals surface area contributed by atoms with Gasteiger partial charge in [0.2, 0.25) is 0 Å². The van der Waals surface area contributed by atoms with Crippen LogP contribution in [0.5, 0.6) is 11.5 Å². The fraction of sp³-hybridized carbons (Fsp3) is 0.444. The Balaban J connectivity index is 1.58. The molecule has 0 radical (unpaired) electrons. The molecule has 1 saturated heterocycles. The molecule has 0 unspecified atom stereocenters. The summed E-state index contributed by atoms with van der Waals surface area (Å²) >= 11 is 0. The van der Waals surface area contributed by atoms with Crippen molar-refractivity contribution in [3.8, 4) is 22.9 Å². The molecule has 37 heavy (non-hydrogen) atoms. The van der Waals surface area contributed by atoms with Crippen molar-refractivity contribution < 1.29 is 24.5 Å². The van der Waals surface area contributed by atoms with Crippen molar-refractivity contribution >= 4 is 16.9 Å². The maximum atomic E-state index is 13.6. The Morgan fingerprint density at radius 1 is 1.14 bits per heavy atom. The molecule has 10 heteroatoms. The predicted octanol–water partition coefficient (Wildman–Crippen LogP) is 1.54. The van der Waals surface area contributed by atoms with Gasteiger partial charge in [-0.3, -0.25) is 9.69 Å². The second kappa shape index (κ2) is 8.54. The van der Waals surface area contributed by atoms with Crippen LogP contribution >= 0.6 is 0 Å². The molecular formula is C27H30N4O6. The monoisotopic (exact) mass is 506 g/mol. The molecule has 3 aliphatic heterocycles. The number of rotatable bonds is 4. The zero-order chi connectivity index (χ0) is 26.1. The highest BCUT2D eigenvalue weighted by molar-refractivity contribution is 5.91. The van der Waals surface area contributed by atoms with E-state index in [4.69, 9.17) is 14.5 Å². The summed E-state index contributed by atoms with van der Waals surface area (Å²) in [6, 6.07) is 5.12. The minimum Gasteiger partial charge on any atom is -0.504 e. The number of hydrogen-bond donors (Lipinski definition) is 2. The molecule has 1 atom stereocenters. The molecule has 1 aromatic carbocycles. The van der Waals surface area contributed by atoms with E-state index < -0.39 is 11.6 Å². The van der Waals surface area contributed by atoms with Crippen molar-refractivity contribution in [2.45, 2.75) is 38.6 Å². The summed E-state index contributed by atoms with van der Waals surface area (Å²) in [5, 5.41) is 22.6.